The molecule has 1 N–H and O–H groups in total. The first kappa shape index (κ1) is 12.8. The van der Waals surface area contributed by atoms with Crippen LogP contribution in [0, 0.1) is 18.3 Å². The highest BCUT2D eigenvalue weighted by Gasteiger charge is 2.13. The van der Waals surface area contributed by atoms with E-state index in [2.05, 4.69) is 42.2 Å². The summed E-state index contributed by atoms with van der Waals surface area (Å²) in [5.41, 5.74) is 5.33. The molecule has 0 atom stereocenters. The summed E-state index contributed by atoms with van der Waals surface area (Å²) in [5.74, 6) is 0. The molecule has 1 aromatic heterocycles. The molecule has 20 heavy (non-hydrogen) atoms. The first-order valence-corrected chi connectivity index (χ1v) is 6.81. The monoisotopic (exact) mass is 280 g/mol. The van der Waals surface area contributed by atoms with Gasteiger partial charge in [-0.05, 0) is 36.2 Å². The maximum Gasteiger partial charge on any atom is 0.0670 e. The molecule has 0 radical (unpaired) electrons. The van der Waals surface area contributed by atoms with E-state index in [1.54, 1.807) is 0 Å². The van der Waals surface area contributed by atoms with Gasteiger partial charge in [-0.25, -0.2) is 0 Å². The average Bonchev–Trinajstić information content (AvgIpc) is 2.79. The summed E-state index contributed by atoms with van der Waals surface area (Å²) in [6, 6.07) is 16.3. The number of aryl methyl sites for hydroxylation is 1. The summed E-state index contributed by atoms with van der Waals surface area (Å²) in [6.45, 7) is 2.06. The highest BCUT2D eigenvalue weighted by Crippen LogP contribution is 2.32. The van der Waals surface area contributed by atoms with Crippen molar-refractivity contribution in [3.8, 4) is 17.3 Å². The van der Waals surface area contributed by atoms with Gasteiger partial charge in [-0.2, -0.15) is 5.26 Å². The molecule has 0 aliphatic carbocycles. The summed E-state index contributed by atoms with van der Waals surface area (Å²) in [4.78, 5) is 3.40. The average molecular weight is 281 g/mol. The number of H-pyrrole nitrogens is 1. The van der Waals surface area contributed by atoms with Crippen LogP contribution in [0.3, 0.4) is 0 Å². The Hall–Kier alpha value is -2.24. The van der Waals surface area contributed by atoms with Crippen LogP contribution in [-0.2, 0) is 6.42 Å². The molecule has 0 bridgehead atoms. The standard InChI is InChI=1S/C17H13ClN2/c1-11-2-4-12(5-3-11)17-14(8-9-19)15-10-13(18)6-7-16(15)20-17/h2-7,10,20H,8H2,1H3. The molecule has 3 rings (SSSR count). The summed E-state index contributed by atoms with van der Waals surface area (Å²) in [6.07, 6.45) is 0.365. The number of rotatable bonds is 2. The fourth-order valence-corrected chi connectivity index (χ4v) is 2.62. The van der Waals surface area contributed by atoms with Crippen molar-refractivity contribution in [2.24, 2.45) is 0 Å². The molecule has 3 aromatic rings. The van der Waals surface area contributed by atoms with Gasteiger partial charge in [0.2, 0.25) is 0 Å². The number of hydrogen-bond acceptors (Lipinski definition) is 1. The molecule has 0 unspecified atom stereocenters. The van der Waals surface area contributed by atoms with Crippen LogP contribution in [0.1, 0.15) is 11.1 Å². The molecular formula is C17H13ClN2. The Kier molecular flexibility index (Phi) is 3.22. The fourth-order valence-electron chi connectivity index (χ4n) is 2.45. The molecule has 3 heteroatoms. The Balaban J connectivity index is 2.26. The van der Waals surface area contributed by atoms with E-state index in [1.165, 1.54) is 5.56 Å². The third kappa shape index (κ3) is 2.17. The minimum Gasteiger partial charge on any atom is -0.354 e. The predicted octanol–water partition coefficient (Wildman–Crippen LogP) is 4.86. The number of nitriles is 1. The van der Waals surface area contributed by atoms with E-state index in [0.717, 1.165) is 27.7 Å². The van der Waals surface area contributed by atoms with Crippen molar-refractivity contribution in [1.82, 2.24) is 4.98 Å². The van der Waals surface area contributed by atoms with Gasteiger partial charge in [-0.1, -0.05) is 41.4 Å². The Bertz CT molecular complexity index is 807. The van der Waals surface area contributed by atoms with Gasteiger partial charge in [0.05, 0.1) is 18.2 Å². The second kappa shape index (κ2) is 5.03. The van der Waals surface area contributed by atoms with Gasteiger partial charge in [0.1, 0.15) is 0 Å². The fraction of sp³-hybridized carbons (Fsp3) is 0.118. The molecule has 0 spiro atoms. The number of nitrogens with one attached hydrogen (secondary N) is 1. The van der Waals surface area contributed by atoms with Crippen molar-refractivity contribution in [1.29, 1.82) is 5.26 Å². The minimum absolute atomic E-state index is 0.365. The molecule has 98 valence electrons. The number of nitrogens with zero attached hydrogens (tertiary/aromatic N) is 1. The zero-order valence-electron chi connectivity index (χ0n) is 11.1. The van der Waals surface area contributed by atoms with Crippen molar-refractivity contribution in [2.45, 2.75) is 13.3 Å². The van der Waals surface area contributed by atoms with Crippen LogP contribution in [0.15, 0.2) is 42.5 Å². The largest absolute Gasteiger partial charge is 0.354 e. The number of aromatic amines is 1. The van der Waals surface area contributed by atoms with Crippen molar-refractivity contribution in [2.75, 3.05) is 0 Å². The summed E-state index contributed by atoms with van der Waals surface area (Å²) < 4.78 is 0. The molecule has 0 saturated heterocycles. The number of halogens is 1. The topological polar surface area (TPSA) is 39.6 Å². The Labute approximate surface area is 122 Å². The molecule has 0 amide bonds. The third-order valence-electron chi connectivity index (χ3n) is 3.46. The van der Waals surface area contributed by atoms with Crippen molar-refractivity contribution in [3.63, 3.8) is 0 Å². The second-order valence-corrected chi connectivity index (χ2v) is 5.31. The number of fused-ring (bicyclic) bond motifs is 1. The quantitative estimate of drug-likeness (QED) is 0.715. The van der Waals surface area contributed by atoms with Crippen molar-refractivity contribution in [3.05, 3.63) is 58.6 Å². The van der Waals surface area contributed by atoms with Crippen LogP contribution in [0.2, 0.25) is 5.02 Å². The molecule has 0 aliphatic rings. The lowest BCUT2D eigenvalue weighted by Gasteiger charge is -2.02. The van der Waals surface area contributed by atoms with Gasteiger partial charge in [-0.3, -0.25) is 0 Å². The van der Waals surface area contributed by atoms with E-state index in [1.807, 2.05) is 18.2 Å². The van der Waals surface area contributed by atoms with E-state index in [9.17, 15) is 0 Å². The maximum absolute atomic E-state index is 9.09. The molecule has 0 saturated carbocycles. The van der Waals surface area contributed by atoms with Crippen molar-refractivity contribution >= 4 is 22.5 Å². The third-order valence-corrected chi connectivity index (χ3v) is 3.70. The van der Waals surface area contributed by atoms with Crippen LogP contribution >= 0.6 is 11.6 Å². The Morgan fingerprint density at radius 2 is 1.90 bits per heavy atom. The molecule has 0 aliphatic heterocycles. The molecular weight excluding hydrogens is 268 g/mol. The van der Waals surface area contributed by atoms with Crippen LogP contribution in [0.25, 0.3) is 22.2 Å². The summed E-state index contributed by atoms with van der Waals surface area (Å²) in [7, 11) is 0. The van der Waals surface area contributed by atoms with E-state index in [0.29, 0.717) is 11.4 Å². The normalized spacial score (nSPS) is 10.7. The molecule has 1 heterocycles. The SMILES string of the molecule is Cc1ccc(-c2[nH]c3ccc(Cl)cc3c2CC#N)cc1. The van der Waals surface area contributed by atoms with E-state index in [-0.39, 0.29) is 0 Å². The number of hydrogen-bond donors (Lipinski definition) is 1. The molecule has 2 aromatic carbocycles. The first-order valence-electron chi connectivity index (χ1n) is 6.43. The lowest BCUT2D eigenvalue weighted by Crippen LogP contribution is -1.86. The smallest absolute Gasteiger partial charge is 0.0670 e. The molecule has 2 nitrogen and oxygen atoms in total. The van der Waals surface area contributed by atoms with Gasteiger partial charge in [0.15, 0.2) is 0 Å². The van der Waals surface area contributed by atoms with Crippen LogP contribution < -0.4 is 0 Å². The van der Waals surface area contributed by atoms with Gasteiger partial charge >= 0.3 is 0 Å². The summed E-state index contributed by atoms with van der Waals surface area (Å²) in [5, 5.41) is 10.8. The zero-order chi connectivity index (χ0) is 14.1. The highest BCUT2D eigenvalue weighted by atomic mass is 35.5. The number of benzene rings is 2. The number of aromatic nitrogens is 1. The van der Waals surface area contributed by atoms with Gasteiger partial charge < -0.3 is 4.98 Å². The van der Waals surface area contributed by atoms with Crippen molar-refractivity contribution < 1.29 is 0 Å². The predicted molar refractivity (Wildman–Crippen MR) is 82.8 cm³/mol. The Morgan fingerprint density at radius 3 is 2.60 bits per heavy atom. The van der Waals surface area contributed by atoms with E-state index < -0.39 is 0 Å². The van der Waals surface area contributed by atoms with E-state index >= 15 is 0 Å². The first-order chi connectivity index (χ1) is 9.69. The van der Waals surface area contributed by atoms with Gasteiger partial charge in [0.25, 0.3) is 0 Å². The lowest BCUT2D eigenvalue weighted by molar-refractivity contribution is 1.27. The highest BCUT2D eigenvalue weighted by molar-refractivity contribution is 6.31. The lowest BCUT2D eigenvalue weighted by atomic mass is 10.0. The van der Waals surface area contributed by atoms with Crippen LogP contribution in [-0.4, -0.2) is 4.98 Å². The second-order valence-electron chi connectivity index (χ2n) is 4.87. The minimum atomic E-state index is 0.365. The van der Waals surface area contributed by atoms with E-state index in [4.69, 9.17) is 16.9 Å². The maximum atomic E-state index is 9.09. The molecule has 0 fully saturated rings. The van der Waals surface area contributed by atoms with Crippen LogP contribution in [0.5, 0.6) is 0 Å². The Morgan fingerprint density at radius 1 is 1.15 bits per heavy atom. The van der Waals surface area contributed by atoms with Gasteiger partial charge in [-0.15, -0.1) is 0 Å². The van der Waals surface area contributed by atoms with Gasteiger partial charge in [0, 0.05) is 15.9 Å². The summed E-state index contributed by atoms with van der Waals surface area (Å²) >= 11 is 6.07. The zero-order valence-corrected chi connectivity index (χ0v) is 11.8. The van der Waals surface area contributed by atoms with Crippen LogP contribution in [0.4, 0.5) is 0 Å².